The molecule has 0 radical (unpaired) electrons. The molecule has 1 aliphatic carbocycles. The van der Waals surface area contributed by atoms with Crippen LogP contribution in [-0.2, 0) is 4.79 Å². The van der Waals surface area contributed by atoms with Crippen LogP contribution in [0.3, 0.4) is 0 Å². The Bertz CT molecular complexity index is 1780. The molecule has 4 aromatic rings. The Morgan fingerprint density at radius 3 is 2.83 bits per heavy atom. The second kappa shape index (κ2) is 10.6. The van der Waals surface area contributed by atoms with Crippen LogP contribution in [0.4, 0.5) is 21.9 Å². The van der Waals surface area contributed by atoms with E-state index in [1.54, 1.807) is 29.4 Å². The van der Waals surface area contributed by atoms with Crippen LogP contribution in [0.2, 0.25) is 0 Å². The number of aliphatic imine (C=N–C) groups is 1. The third kappa shape index (κ3) is 4.84. The normalized spacial score (nSPS) is 17.0. The minimum Gasteiger partial charge on any atom is -0.455 e. The number of aromatic nitrogens is 2. The van der Waals surface area contributed by atoms with Crippen molar-refractivity contribution in [3.05, 3.63) is 77.6 Å². The zero-order valence-electron chi connectivity index (χ0n) is 22.4. The minimum atomic E-state index is -0.429. The summed E-state index contributed by atoms with van der Waals surface area (Å²) in [6.45, 7) is 7.24. The lowest BCUT2D eigenvalue weighted by Crippen LogP contribution is -2.39. The van der Waals surface area contributed by atoms with Gasteiger partial charge in [0, 0.05) is 18.1 Å². The standard InChI is InChI=1S/C30H26N6O4S/c1-4-24(37)33-19-7-5-8-20(19)34-28(38)27-26-25-22(12-14-32-29(25)41-27)36(30(39)35-26)21-11-10-18(15-16(21)2)40-23-9-6-13-31-17(23)3/h4,6,9-15,20H,1,5,7-8H2,2-3H3,(H,34,38)(H,35,39)/t20-/m1/s1. The van der Waals surface area contributed by atoms with Crippen LogP contribution >= 0.6 is 11.3 Å². The number of amides is 4. The van der Waals surface area contributed by atoms with Gasteiger partial charge >= 0.3 is 6.03 Å². The number of hydrogen-bond acceptors (Lipinski definition) is 7. The minimum absolute atomic E-state index is 0.349. The summed E-state index contributed by atoms with van der Waals surface area (Å²) in [5, 5.41) is 6.61. The SMILES string of the molecule is C=CC(=O)N=C1CCC[C@H]1NC(=O)c1sc2nccc3c2c1NC(=O)N3c1ccc(Oc2cccnc2C)cc1C. The first kappa shape index (κ1) is 26.3. The van der Waals surface area contributed by atoms with Crippen LogP contribution in [-0.4, -0.2) is 39.6 Å². The Labute approximate surface area is 239 Å². The molecule has 4 heterocycles. The Morgan fingerprint density at radius 2 is 2.05 bits per heavy atom. The number of thiophene rings is 1. The van der Waals surface area contributed by atoms with Gasteiger partial charge in [0.15, 0.2) is 0 Å². The molecule has 6 rings (SSSR count). The van der Waals surface area contributed by atoms with Gasteiger partial charge in [0.25, 0.3) is 11.8 Å². The van der Waals surface area contributed by atoms with Gasteiger partial charge in [-0.1, -0.05) is 6.58 Å². The van der Waals surface area contributed by atoms with Gasteiger partial charge in [0.2, 0.25) is 0 Å². The van der Waals surface area contributed by atoms with Crippen molar-refractivity contribution in [2.75, 3.05) is 10.2 Å². The number of nitrogens with one attached hydrogen (secondary N) is 2. The summed E-state index contributed by atoms with van der Waals surface area (Å²) < 4.78 is 6.03. The van der Waals surface area contributed by atoms with Gasteiger partial charge in [-0.25, -0.2) is 14.8 Å². The molecule has 1 aliphatic heterocycles. The van der Waals surface area contributed by atoms with E-state index in [0.717, 1.165) is 23.8 Å². The molecular formula is C30H26N6O4S. The summed E-state index contributed by atoms with van der Waals surface area (Å²) in [4.78, 5) is 54.1. The van der Waals surface area contributed by atoms with Crippen molar-refractivity contribution in [2.24, 2.45) is 4.99 Å². The first-order valence-electron chi connectivity index (χ1n) is 13.1. The Kier molecular flexibility index (Phi) is 6.80. The van der Waals surface area contributed by atoms with E-state index in [4.69, 9.17) is 4.74 Å². The molecular weight excluding hydrogens is 540 g/mol. The zero-order chi connectivity index (χ0) is 28.7. The highest BCUT2D eigenvalue weighted by atomic mass is 32.1. The number of rotatable bonds is 6. The Hall–Kier alpha value is -4.90. The summed E-state index contributed by atoms with van der Waals surface area (Å²) in [6.07, 6.45) is 6.62. The van der Waals surface area contributed by atoms with Crippen molar-refractivity contribution in [1.82, 2.24) is 15.3 Å². The molecule has 1 fully saturated rings. The van der Waals surface area contributed by atoms with Crippen molar-refractivity contribution in [3.8, 4) is 11.5 Å². The van der Waals surface area contributed by atoms with Crippen LogP contribution in [0.1, 0.15) is 40.2 Å². The van der Waals surface area contributed by atoms with Gasteiger partial charge in [-0.3, -0.25) is 19.5 Å². The molecule has 0 spiro atoms. The molecule has 206 valence electrons. The van der Waals surface area contributed by atoms with E-state index in [2.05, 4.69) is 32.2 Å². The molecule has 0 unspecified atom stereocenters. The molecule has 1 atom stereocenters. The molecule has 2 aliphatic rings. The molecule has 0 saturated heterocycles. The number of urea groups is 1. The third-order valence-electron chi connectivity index (χ3n) is 7.11. The quantitative estimate of drug-likeness (QED) is 0.267. The number of anilines is 3. The number of aryl methyl sites for hydroxylation is 2. The molecule has 0 bridgehead atoms. The average Bonchev–Trinajstić information content (AvgIpc) is 3.55. The van der Waals surface area contributed by atoms with Crippen molar-refractivity contribution >= 4 is 62.2 Å². The molecule has 1 saturated carbocycles. The van der Waals surface area contributed by atoms with Gasteiger partial charge in [0.1, 0.15) is 21.2 Å². The van der Waals surface area contributed by atoms with Gasteiger partial charge in [-0.15, -0.1) is 11.3 Å². The largest absolute Gasteiger partial charge is 0.455 e. The molecule has 3 aromatic heterocycles. The lowest BCUT2D eigenvalue weighted by atomic mass is 10.1. The van der Waals surface area contributed by atoms with E-state index in [1.165, 1.54) is 11.3 Å². The summed E-state index contributed by atoms with van der Waals surface area (Å²) in [5.74, 6) is 0.501. The van der Waals surface area contributed by atoms with Crippen molar-refractivity contribution in [2.45, 2.75) is 39.2 Å². The molecule has 11 heteroatoms. The van der Waals surface area contributed by atoms with Gasteiger partial charge in [-0.05, 0) is 81.1 Å². The maximum Gasteiger partial charge on any atom is 0.331 e. The second-order valence-corrected chi connectivity index (χ2v) is 10.8. The monoisotopic (exact) mass is 566 g/mol. The summed E-state index contributed by atoms with van der Waals surface area (Å²) in [6, 6.07) is 10.2. The summed E-state index contributed by atoms with van der Waals surface area (Å²) in [5.41, 5.74) is 3.96. The highest BCUT2D eigenvalue weighted by Crippen LogP contribution is 2.46. The summed E-state index contributed by atoms with van der Waals surface area (Å²) in [7, 11) is 0. The van der Waals surface area contributed by atoms with E-state index in [-0.39, 0.29) is 11.9 Å². The Morgan fingerprint density at radius 1 is 1.20 bits per heavy atom. The number of hydrogen-bond donors (Lipinski definition) is 2. The fraction of sp³-hybridized carbons (Fsp3) is 0.200. The van der Waals surface area contributed by atoms with Gasteiger partial charge < -0.3 is 15.4 Å². The number of nitrogens with zero attached hydrogens (tertiary/aromatic N) is 4. The second-order valence-electron chi connectivity index (χ2n) is 9.78. The van der Waals surface area contributed by atoms with Gasteiger partial charge in [-0.2, -0.15) is 0 Å². The third-order valence-corrected chi connectivity index (χ3v) is 8.21. The topological polar surface area (TPSA) is 126 Å². The lowest BCUT2D eigenvalue weighted by molar-refractivity contribution is -0.113. The molecule has 10 nitrogen and oxygen atoms in total. The highest BCUT2D eigenvalue weighted by molar-refractivity contribution is 7.21. The van der Waals surface area contributed by atoms with E-state index in [9.17, 15) is 14.4 Å². The molecule has 2 N–H and O–H groups in total. The first-order chi connectivity index (χ1) is 19.8. The predicted octanol–water partition coefficient (Wildman–Crippen LogP) is 6.22. The van der Waals surface area contributed by atoms with Crippen molar-refractivity contribution < 1.29 is 19.1 Å². The number of carbonyl (C=O) groups is 3. The summed E-state index contributed by atoms with van der Waals surface area (Å²) >= 11 is 1.21. The van der Waals surface area contributed by atoms with Crippen LogP contribution in [0.15, 0.2) is 66.4 Å². The fourth-order valence-electron chi connectivity index (χ4n) is 5.16. The maximum absolute atomic E-state index is 13.6. The predicted molar refractivity (Wildman–Crippen MR) is 159 cm³/mol. The molecule has 41 heavy (non-hydrogen) atoms. The fourth-order valence-corrected chi connectivity index (χ4v) is 6.18. The van der Waals surface area contributed by atoms with E-state index >= 15 is 0 Å². The molecule has 4 amide bonds. The number of pyridine rings is 2. The smallest absolute Gasteiger partial charge is 0.331 e. The molecule has 1 aromatic carbocycles. The van der Waals surface area contributed by atoms with E-state index in [1.807, 2.05) is 38.1 Å². The van der Waals surface area contributed by atoms with Crippen LogP contribution in [0.5, 0.6) is 11.5 Å². The van der Waals surface area contributed by atoms with E-state index < -0.39 is 11.9 Å². The van der Waals surface area contributed by atoms with Crippen LogP contribution in [0, 0.1) is 13.8 Å². The Balaban J connectivity index is 1.32. The maximum atomic E-state index is 13.6. The van der Waals surface area contributed by atoms with Crippen LogP contribution < -0.4 is 20.3 Å². The lowest BCUT2D eigenvalue weighted by Gasteiger charge is -2.29. The number of carbonyl (C=O) groups excluding carboxylic acids is 3. The number of ether oxygens (including phenoxy) is 1. The van der Waals surface area contributed by atoms with Crippen LogP contribution in [0.25, 0.3) is 10.2 Å². The first-order valence-corrected chi connectivity index (χ1v) is 13.9. The zero-order valence-corrected chi connectivity index (χ0v) is 23.2. The average molecular weight is 567 g/mol. The van der Waals surface area contributed by atoms with Crippen molar-refractivity contribution in [1.29, 1.82) is 0 Å². The van der Waals surface area contributed by atoms with E-state index in [0.29, 0.717) is 62.2 Å². The van der Waals surface area contributed by atoms with Gasteiger partial charge in [0.05, 0.1) is 34.2 Å². The highest BCUT2D eigenvalue weighted by Gasteiger charge is 2.34. The van der Waals surface area contributed by atoms with Crippen molar-refractivity contribution in [3.63, 3.8) is 0 Å². The number of benzene rings is 1.